The lowest BCUT2D eigenvalue weighted by Gasteiger charge is -2.04. The molecule has 0 saturated heterocycles. The second-order valence-electron chi connectivity index (χ2n) is 4.76. The summed E-state index contributed by atoms with van der Waals surface area (Å²) >= 11 is 6.06. The highest BCUT2D eigenvalue weighted by Crippen LogP contribution is 2.38. The fraction of sp³-hybridized carbons (Fsp3) is 0.0588. The molecule has 0 N–H and O–H groups in total. The van der Waals surface area contributed by atoms with E-state index in [0.717, 1.165) is 11.4 Å². The van der Waals surface area contributed by atoms with Crippen molar-refractivity contribution in [3.8, 4) is 0 Å². The van der Waals surface area contributed by atoms with Gasteiger partial charge in [-0.15, -0.1) is 0 Å². The van der Waals surface area contributed by atoms with Crippen LogP contribution in [-0.4, -0.2) is 0 Å². The van der Waals surface area contributed by atoms with E-state index in [4.69, 9.17) is 11.6 Å². The molecule has 4 rings (SSSR count). The third-order valence-electron chi connectivity index (χ3n) is 3.65. The van der Waals surface area contributed by atoms with Crippen LogP contribution in [0.3, 0.4) is 0 Å². The number of hydrogen-bond acceptors (Lipinski definition) is 0. The van der Waals surface area contributed by atoms with Crippen molar-refractivity contribution in [1.29, 1.82) is 0 Å². The standard InChI is InChI=1S/C17H10Cl/c18-15-6-5-11-7-14-8-12-3-1-2-4-16(12)17(14)10-13(11)9-15/h2-7,9-10H,8H2/q+1. The van der Waals surface area contributed by atoms with Crippen molar-refractivity contribution < 1.29 is 0 Å². The van der Waals surface area contributed by atoms with Gasteiger partial charge in [-0.2, -0.15) is 0 Å². The van der Waals surface area contributed by atoms with Crippen LogP contribution in [0.5, 0.6) is 0 Å². The van der Waals surface area contributed by atoms with E-state index < -0.39 is 0 Å². The molecule has 2 aliphatic rings. The maximum Gasteiger partial charge on any atom is 0.107 e. The van der Waals surface area contributed by atoms with Crippen molar-refractivity contribution in [2.45, 2.75) is 6.42 Å². The van der Waals surface area contributed by atoms with Gasteiger partial charge in [0.1, 0.15) is 12.2 Å². The van der Waals surface area contributed by atoms with E-state index in [9.17, 15) is 0 Å². The fourth-order valence-electron chi connectivity index (χ4n) is 2.79. The third kappa shape index (κ3) is 1.37. The summed E-state index contributed by atoms with van der Waals surface area (Å²) in [6.07, 6.45) is 10.4. The molecule has 0 aliphatic heterocycles. The molecule has 0 fully saturated rings. The highest BCUT2D eigenvalue weighted by molar-refractivity contribution is 6.31. The largest absolute Gasteiger partial charge is 0.107 e. The van der Waals surface area contributed by atoms with Gasteiger partial charge in [-0.05, 0) is 40.6 Å². The summed E-state index contributed by atoms with van der Waals surface area (Å²) in [5.74, 6) is 0. The Morgan fingerprint density at radius 1 is 1.06 bits per heavy atom. The molecular weight excluding hydrogens is 240 g/mol. The summed E-state index contributed by atoms with van der Waals surface area (Å²) in [4.78, 5) is 0. The van der Waals surface area contributed by atoms with Gasteiger partial charge in [0.15, 0.2) is 0 Å². The molecule has 0 aromatic heterocycles. The molecule has 0 spiro atoms. The summed E-state index contributed by atoms with van der Waals surface area (Å²) in [7, 11) is 0. The van der Waals surface area contributed by atoms with Gasteiger partial charge in [0, 0.05) is 23.1 Å². The van der Waals surface area contributed by atoms with Gasteiger partial charge >= 0.3 is 0 Å². The molecule has 0 nitrogen and oxygen atoms in total. The normalized spacial score (nSPS) is 15.8. The van der Waals surface area contributed by atoms with E-state index >= 15 is 0 Å². The predicted molar refractivity (Wildman–Crippen MR) is 76.5 cm³/mol. The van der Waals surface area contributed by atoms with Crippen molar-refractivity contribution in [2.24, 2.45) is 0 Å². The zero-order chi connectivity index (χ0) is 12.1. The number of rotatable bonds is 0. The van der Waals surface area contributed by atoms with Gasteiger partial charge < -0.3 is 0 Å². The van der Waals surface area contributed by atoms with Crippen molar-refractivity contribution in [2.75, 3.05) is 0 Å². The summed E-state index contributed by atoms with van der Waals surface area (Å²) < 4.78 is 0. The Hall–Kier alpha value is -1.88. The number of halogens is 1. The molecule has 2 aliphatic carbocycles. The van der Waals surface area contributed by atoms with Gasteiger partial charge in [0.2, 0.25) is 0 Å². The lowest BCUT2D eigenvalue weighted by atomic mass is 9.99. The monoisotopic (exact) mass is 249 g/mol. The van der Waals surface area contributed by atoms with Gasteiger partial charge in [-0.1, -0.05) is 17.7 Å². The molecule has 0 heterocycles. The van der Waals surface area contributed by atoms with Gasteiger partial charge in [0.05, 0.1) is 17.2 Å². The van der Waals surface area contributed by atoms with Crippen LogP contribution in [0, 0.1) is 6.08 Å². The van der Waals surface area contributed by atoms with Crippen molar-refractivity contribution in [3.63, 3.8) is 0 Å². The lowest BCUT2D eigenvalue weighted by molar-refractivity contribution is 1.25. The molecule has 0 saturated carbocycles. The molecule has 0 bridgehead atoms. The molecule has 0 atom stereocenters. The summed E-state index contributed by atoms with van der Waals surface area (Å²) in [6.45, 7) is 0. The second-order valence-corrected chi connectivity index (χ2v) is 5.20. The van der Waals surface area contributed by atoms with Gasteiger partial charge in [0.25, 0.3) is 0 Å². The van der Waals surface area contributed by atoms with E-state index in [0.29, 0.717) is 0 Å². The minimum atomic E-state index is 0.794. The van der Waals surface area contributed by atoms with Crippen molar-refractivity contribution in [1.82, 2.24) is 0 Å². The van der Waals surface area contributed by atoms with Crippen molar-refractivity contribution >= 4 is 27.9 Å². The van der Waals surface area contributed by atoms with Crippen molar-refractivity contribution in [3.05, 3.63) is 76.4 Å². The highest BCUT2D eigenvalue weighted by Gasteiger charge is 2.26. The van der Waals surface area contributed by atoms with Crippen LogP contribution < -0.4 is 0 Å². The zero-order valence-corrected chi connectivity index (χ0v) is 10.5. The highest BCUT2D eigenvalue weighted by atomic mass is 35.5. The van der Waals surface area contributed by atoms with E-state index in [1.54, 1.807) is 0 Å². The first-order valence-corrected chi connectivity index (χ1v) is 6.40. The minimum absolute atomic E-state index is 0.794. The quantitative estimate of drug-likeness (QED) is 0.592. The van der Waals surface area contributed by atoms with Crippen LogP contribution in [0.2, 0.25) is 5.02 Å². The van der Waals surface area contributed by atoms with Crippen LogP contribution >= 0.6 is 11.6 Å². The Morgan fingerprint density at radius 3 is 2.94 bits per heavy atom. The molecule has 0 unspecified atom stereocenters. The summed E-state index contributed by atoms with van der Waals surface area (Å²) in [6, 6.07) is 10.6. The maximum atomic E-state index is 6.06. The molecule has 18 heavy (non-hydrogen) atoms. The number of hydrogen-bond donors (Lipinski definition) is 0. The fourth-order valence-corrected chi connectivity index (χ4v) is 2.97. The first-order chi connectivity index (χ1) is 8.81. The SMILES string of the molecule is Clc1ccc2cc3c(cc2c1)C1=C(C=[C+]C=C1)C3. The maximum absolute atomic E-state index is 6.06. The Balaban J connectivity index is 2.01. The van der Waals surface area contributed by atoms with E-state index in [1.807, 2.05) is 18.2 Å². The van der Waals surface area contributed by atoms with Crippen LogP contribution in [-0.2, 0) is 6.42 Å². The molecule has 2 aromatic carbocycles. The molecule has 1 heteroatoms. The lowest BCUT2D eigenvalue weighted by Crippen LogP contribution is -1.85. The van der Waals surface area contributed by atoms with Crippen LogP contribution in [0.25, 0.3) is 16.3 Å². The van der Waals surface area contributed by atoms with Gasteiger partial charge in [-0.25, -0.2) is 0 Å². The van der Waals surface area contributed by atoms with Crippen LogP contribution in [0.1, 0.15) is 11.1 Å². The minimum Gasteiger partial charge on any atom is -0.0843 e. The Bertz CT molecular complexity index is 761. The number of benzene rings is 2. The molecule has 0 radical (unpaired) electrons. The Kier molecular flexibility index (Phi) is 1.99. The molecular formula is C17H10Cl+. The summed E-state index contributed by atoms with van der Waals surface area (Å²) in [5, 5.41) is 3.26. The average molecular weight is 250 g/mol. The van der Waals surface area contributed by atoms with Gasteiger partial charge in [-0.3, -0.25) is 0 Å². The first kappa shape index (κ1) is 10.1. The van der Waals surface area contributed by atoms with E-state index in [2.05, 4.69) is 36.4 Å². The van der Waals surface area contributed by atoms with Crippen LogP contribution in [0.4, 0.5) is 0 Å². The first-order valence-electron chi connectivity index (χ1n) is 6.03. The molecule has 84 valence electrons. The third-order valence-corrected chi connectivity index (χ3v) is 3.88. The topological polar surface area (TPSA) is 0 Å². The zero-order valence-electron chi connectivity index (χ0n) is 9.70. The Morgan fingerprint density at radius 2 is 2.00 bits per heavy atom. The number of allylic oxidation sites excluding steroid dienone is 6. The van der Waals surface area contributed by atoms with E-state index in [-0.39, 0.29) is 0 Å². The molecule has 0 amide bonds. The number of fused-ring (bicyclic) bond motifs is 3. The predicted octanol–water partition coefficient (Wildman–Crippen LogP) is 4.73. The Labute approximate surface area is 111 Å². The average Bonchev–Trinajstić information content (AvgIpc) is 2.74. The smallest absolute Gasteiger partial charge is 0.0843 e. The molecule has 2 aromatic rings. The van der Waals surface area contributed by atoms with Crippen LogP contribution in [0.15, 0.2) is 54.1 Å². The summed E-state index contributed by atoms with van der Waals surface area (Å²) in [5.41, 5.74) is 5.45. The second kappa shape index (κ2) is 3.55. The van der Waals surface area contributed by atoms with E-state index in [1.165, 1.54) is 33.0 Å².